The molecule has 4 nitrogen and oxygen atoms in total. The van der Waals surface area contributed by atoms with Gasteiger partial charge in [0.15, 0.2) is 0 Å². The van der Waals surface area contributed by atoms with E-state index in [0.717, 1.165) is 37.1 Å². The molecule has 1 heterocycles. The Morgan fingerprint density at radius 1 is 1.33 bits per heavy atom. The highest BCUT2D eigenvalue weighted by Gasteiger charge is 2.47. The van der Waals surface area contributed by atoms with Gasteiger partial charge in [-0.25, -0.2) is 0 Å². The first-order valence-electron chi connectivity index (χ1n) is 7.79. The van der Waals surface area contributed by atoms with Crippen LogP contribution in [0.25, 0.3) is 0 Å². The second-order valence-corrected chi connectivity index (χ2v) is 5.83. The lowest BCUT2D eigenvalue weighted by atomic mass is 9.99. The minimum atomic E-state index is -0.487. The molecule has 0 radical (unpaired) electrons. The molecule has 0 bridgehead atoms. The number of ether oxygens (including phenoxy) is 1. The molecule has 2 unspecified atom stereocenters. The van der Waals surface area contributed by atoms with Gasteiger partial charge in [-0.2, -0.15) is 0 Å². The van der Waals surface area contributed by atoms with Crippen molar-refractivity contribution in [2.45, 2.75) is 51.7 Å². The Morgan fingerprint density at radius 3 is 2.67 bits per heavy atom. The minimum absolute atomic E-state index is 0.106. The molecule has 2 atom stereocenters. The van der Waals surface area contributed by atoms with Crippen LogP contribution >= 0.6 is 0 Å². The summed E-state index contributed by atoms with van der Waals surface area (Å²) in [5, 5.41) is 3.51. The monoisotopic (exact) mass is 290 g/mol. The van der Waals surface area contributed by atoms with Crippen LogP contribution in [0, 0.1) is 0 Å². The second kappa shape index (κ2) is 6.48. The third-order valence-electron chi connectivity index (χ3n) is 4.39. The smallest absolute Gasteiger partial charge is 0.244 e. The molecule has 1 amide bonds. The van der Waals surface area contributed by atoms with Crippen LogP contribution in [0.4, 0.5) is 0 Å². The summed E-state index contributed by atoms with van der Waals surface area (Å²) in [7, 11) is 1.67. The number of nitrogens with one attached hydrogen (secondary N) is 1. The van der Waals surface area contributed by atoms with Crippen molar-refractivity contribution >= 4 is 5.91 Å². The lowest BCUT2D eigenvalue weighted by Gasteiger charge is -2.25. The zero-order chi connectivity index (χ0) is 15.5. The van der Waals surface area contributed by atoms with E-state index >= 15 is 0 Å². The van der Waals surface area contributed by atoms with E-state index in [2.05, 4.69) is 12.2 Å². The maximum Gasteiger partial charge on any atom is 0.244 e. The van der Waals surface area contributed by atoms with E-state index in [1.165, 1.54) is 0 Å². The molecule has 0 aromatic heterocycles. The summed E-state index contributed by atoms with van der Waals surface area (Å²) in [5.74, 6) is 1.01. The number of hydrogen-bond donors (Lipinski definition) is 1. The maximum absolute atomic E-state index is 12.8. The summed E-state index contributed by atoms with van der Waals surface area (Å²) >= 11 is 0. The van der Waals surface area contributed by atoms with Gasteiger partial charge in [-0.1, -0.05) is 38.5 Å². The number of para-hydroxylation sites is 1. The Balaban J connectivity index is 2.37. The van der Waals surface area contributed by atoms with Gasteiger partial charge < -0.3 is 9.64 Å². The molecule has 1 saturated heterocycles. The predicted octanol–water partition coefficient (Wildman–Crippen LogP) is 3.09. The van der Waals surface area contributed by atoms with Crippen LogP contribution in [0.5, 0.6) is 5.75 Å². The molecule has 0 aliphatic carbocycles. The summed E-state index contributed by atoms with van der Waals surface area (Å²) in [6, 6.07) is 7.92. The molecule has 1 N–H and O–H groups in total. The highest BCUT2D eigenvalue weighted by atomic mass is 16.5. The fourth-order valence-electron chi connectivity index (χ4n) is 2.83. The molecule has 1 fully saturated rings. The van der Waals surface area contributed by atoms with Crippen molar-refractivity contribution in [3.63, 3.8) is 0 Å². The van der Waals surface area contributed by atoms with Crippen molar-refractivity contribution in [3.8, 4) is 5.75 Å². The van der Waals surface area contributed by atoms with Gasteiger partial charge in [0, 0.05) is 12.1 Å². The van der Waals surface area contributed by atoms with Crippen LogP contribution in [-0.2, 0) is 4.79 Å². The molecule has 21 heavy (non-hydrogen) atoms. The quantitative estimate of drug-likeness (QED) is 0.875. The number of benzene rings is 1. The number of hydrogen-bond acceptors (Lipinski definition) is 3. The molecule has 0 saturated carbocycles. The average molecular weight is 290 g/mol. The van der Waals surface area contributed by atoms with Gasteiger partial charge in [0.1, 0.15) is 11.9 Å². The Bertz CT molecular complexity index is 503. The van der Waals surface area contributed by atoms with Gasteiger partial charge in [0.05, 0.1) is 12.6 Å². The molecular formula is C17H26N2O2. The number of nitrogens with zero attached hydrogens (tertiary/aromatic N) is 1. The number of methoxy groups -OCH3 is 1. The van der Waals surface area contributed by atoms with Gasteiger partial charge in [-0.05, 0) is 25.8 Å². The predicted molar refractivity (Wildman–Crippen MR) is 84.2 cm³/mol. The topological polar surface area (TPSA) is 41.6 Å². The lowest BCUT2D eigenvalue weighted by molar-refractivity contribution is -0.133. The molecule has 1 aliphatic rings. The zero-order valence-electron chi connectivity index (χ0n) is 13.5. The SMILES string of the molecule is CCCCN1C(=O)C(C)(CC)NC1c1ccccc1OC. The van der Waals surface area contributed by atoms with E-state index in [1.807, 2.05) is 43.0 Å². The molecule has 116 valence electrons. The van der Waals surface area contributed by atoms with Gasteiger partial charge >= 0.3 is 0 Å². The summed E-state index contributed by atoms with van der Waals surface area (Å²) < 4.78 is 5.47. The number of unbranched alkanes of at least 4 members (excludes halogenated alkanes) is 1. The van der Waals surface area contributed by atoms with Crippen LogP contribution in [0.3, 0.4) is 0 Å². The lowest BCUT2D eigenvalue weighted by Crippen LogP contribution is -2.43. The number of amides is 1. The van der Waals surface area contributed by atoms with Gasteiger partial charge in [-0.3, -0.25) is 10.1 Å². The number of carbonyl (C=O) groups excluding carboxylic acids is 1. The van der Waals surface area contributed by atoms with E-state index < -0.39 is 5.54 Å². The van der Waals surface area contributed by atoms with Crippen molar-refractivity contribution < 1.29 is 9.53 Å². The highest BCUT2D eigenvalue weighted by molar-refractivity contribution is 5.88. The summed E-state index contributed by atoms with van der Waals surface area (Å²) in [5.41, 5.74) is 0.542. The van der Waals surface area contributed by atoms with Crippen molar-refractivity contribution in [2.24, 2.45) is 0 Å². The van der Waals surface area contributed by atoms with E-state index in [1.54, 1.807) is 7.11 Å². The standard InChI is InChI=1S/C17H26N2O2/c1-5-7-12-19-15(18-17(3,6-2)16(19)20)13-10-8-9-11-14(13)21-4/h8-11,15,18H,5-7,12H2,1-4H3. The van der Waals surface area contributed by atoms with E-state index in [9.17, 15) is 4.79 Å². The Morgan fingerprint density at radius 2 is 2.05 bits per heavy atom. The van der Waals surface area contributed by atoms with Crippen LogP contribution in [-0.4, -0.2) is 30.0 Å². The van der Waals surface area contributed by atoms with Gasteiger partial charge in [0.25, 0.3) is 0 Å². The third-order valence-corrected chi connectivity index (χ3v) is 4.39. The number of carbonyl (C=O) groups is 1. The second-order valence-electron chi connectivity index (χ2n) is 5.83. The van der Waals surface area contributed by atoms with E-state index in [-0.39, 0.29) is 12.1 Å². The summed E-state index contributed by atoms with van der Waals surface area (Å²) in [6.07, 6.45) is 2.76. The average Bonchev–Trinajstić information content (AvgIpc) is 2.77. The highest BCUT2D eigenvalue weighted by Crippen LogP contribution is 2.36. The molecule has 4 heteroatoms. The Hall–Kier alpha value is -1.55. The first kappa shape index (κ1) is 15.8. The first-order chi connectivity index (χ1) is 10.1. The molecule has 1 aromatic carbocycles. The maximum atomic E-state index is 12.8. The zero-order valence-corrected chi connectivity index (χ0v) is 13.5. The molecule has 0 spiro atoms. The summed E-state index contributed by atoms with van der Waals surface area (Å²) in [6.45, 7) is 6.96. The van der Waals surface area contributed by atoms with Crippen LogP contribution in [0.1, 0.15) is 51.8 Å². The van der Waals surface area contributed by atoms with Gasteiger partial charge in [0.2, 0.25) is 5.91 Å². The first-order valence-corrected chi connectivity index (χ1v) is 7.79. The number of rotatable bonds is 6. The van der Waals surface area contributed by atoms with Crippen molar-refractivity contribution in [1.29, 1.82) is 0 Å². The molecular weight excluding hydrogens is 264 g/mol. The largest absolute Gasteiger partial charge is 0.496 e. The van der Waals surface area contributed by atoms with Crippen molar-refractivity contribution in [3.05, 3.63) is 29.8 Å². The normalized spacial score (nSPS) is 25.4. The van der Waals surface area contributed by atoms with Crippen molar-refractivity contribution in [2.75, 3.05) is 13.7 Å². The van der Waals surface area contributed by atoms with Crippen molar-refractivity contribution in [1.82, 2.24) is 10.2 Å². The fraction of sp³-hybridized carbons (Fsp3) is 0.588. The molecule has 2 rings (SSSR count). The third kappa shape index (κ3) is 2.91. The van der Waals surface area contributed by atoms with Crippen LogP contribution in [0.15, 0.2) is 24.3 Å². The summed E-state index contributed by atoms with van der Waals surface area (Å²) in [4.78, 5) is 14.7. The molecule has 1 aliphatic heterocycles. The molecule has 1 aromatic rings. The van der Waals surface area contributed by atoms with Crippen LogP contribution < -0.4 is 10.1 Å². The van der Waals surface area contributed by atoms with Crippen LogP contribution in [0.2, 0.25) is 0 Å². The van der Waals surface area contributed by atoms with Gasteiger partial charge in [-0.15, -0.1) is 0 Å². The van der Waals surface area contributed by atoms with E-state index in [0.29, 0.717) is 0 Å². The minimum Gasteiger partial charge on any atom is -0.496 e. The van der Waals surface area contributed by atoms with E-state index in [4.69, 9.17) is 4.74 Å². The Kier molecular flexibility index (Phi) is 4.88. The fourth-order valence-corrected chi connectivity index (χ4v) is 2.83. The Labute approximate surface area is 127 Å².